The van der Waals surface area contributed by atoms with Gasteiger partial charge in [-0.1, -0.05) is 23.7 Å². The zero-order chi connectivity index (χ0) is 21.8. The van der Waals surface area contributed by atoms with Crippen LogP contribution in [0.1, 0.15) is 18.4 Å². The Labute approximate surface area is 183 Å². The fraction of sp³-hybridized carbons (Fsp3) is 0.409. The quantitative estimate of drug-likeness (QED) is 0.536. The number of ether oxygens (including phenoxy) is 1. The summed E-state index contributed by atoms with van der Waals surface area (Å²) in [7, 11) is -2.32. The summed E-state index contributed by atoms with van der Waals surface area (Å²) in [5, 5.41) is 21.9. The molecule has 3 rings (SSSR count). The van der Waals surface area contributed by atoms with Gasteiger partial charge in [-0.2, -0.15) is 0 Å². The van der Waals surface area contributed by atoms with Crippen molar-refractivity contribution in [2.75, 3.05) is 37.2 Å². The van der Waals surface area contributed by atoms with E-state index >= 15 is 0 Å². The smallest absolute Gasteiger partial charge is 0.119 e. The Morgan fingerprint density at radius 3 is 2.37 bits per heavy atom. The highest BCUT2D eigenvalue weighted by atomic mass is 35.5. The van der Waals surface area contributed by atoms with Crippen molar-refractivity contribution in [2.45, 2.75) is 24.5 Å². The van der Waals surface area contributed by atoms with Crippen molar-refractivity contribution in [2.24, 2.45) is 0 Å². The number of nitrogens with one attached hydrogen (secondary N) is 1. The number of rotatable bonds is 8. The monoisotopic (exact) mass is 452 g/mol. The second kappa shape index (κ2) is 9.58. The van der Waals surface area contributed by atoms with Crippen molar-refractivity contribution < 1.29 is 19.2 Å². The van der Waals surface area contributed by atoms with Crippen LogP contribution in [0.5, 0.6) is 5.75 Å². The standard InChI is InChI=1S/C22H29ClN2O4S/c1-30(2,28)24-19-7-9-21(10-8-19)29-16-20(26)15-25-13-11-22(27,12-14-25)17-3-5-18(23)6-4-17/h3-10,20,26-27H,1,11-16H2,2H3,(H,24,28)/t20-,30?/m0/s1. The molecule has 3 N–H and O–H groups in total. The molecule has 6 nitrogen and oxygen atoms in total. The van der Waals surface area contributed by atoms with Crippen LogP contribution in [0.15, 0.2) is 48.5 Å². The minimum atomic E-state index is -2.32. The van der Waals surface area contributed by atoms with Gasteiger partial charge < -0.3 is 24.6 Å². The van der Waals surface area contributed by atoms with E-state index in [-0.39, 0.29) is 6.61 Å². The summed E-state index contributed by atoms with van der Waals surface area (Å²) in [6.45, 7) is 2.04. The third kappa shape index (κ3) is 6.62. The highest BCUT2D eigenvalue weighted by Gasteiger charge is 2.34. The first-order valence-corrected chi connectivity index (χ1v) is 12.4. The number of anilines is 1. The summed E-state index contributed by atoms with van der Waals surface area (Å²) in [4.78, 5) is 2.14. The molecule has 1 unspecified atom stereocenters. The average Bonchev–Trinajstić information content (AvgIpc) is 2.69. The fourth-order valence-electron chi connectivity index (χ4n) is 3.57. The number of benzene rings is 2. The molecule has 0 aliphatic carbocycles. The molecule has 0 saturated carbocycles. The summed E-state index contributed by atoms with van der Waals surface area (Å²) < 4.78 is 20.2. The van der Waals surface area contributed by atoms with E-state index in [0.29, 0.717) is 48.9 Å². The van der Waals surface area contributed by atoms with Crippen LogP contribution in [0.25, 0.3) is 0 Å². The van der Waals surface area contributed by atoms with Gasteiger partial charge in [-0.15, -0.1) is 0 Å². The molecule has 8 heteroatoms. The van der Waals surface area contributed by atoms with Gasteiger partial charge in [0.15, 0.2) is 0 Å². The second-order valence-electron chi connectivity index (χ2n) is 7.94. The molecule has 0 radical (unpaired) electrons. The van der Waals surface area contributed by atoms with Crippen LogP contribution in [0.4, 0.5) is 5.69 Å². The lowest BCUT2D eigenvalue weighted by Gasteiger charge is -2.39. The van der Waals surface area contributed by atoms with E-state index in [9.17, 15) is 14.4 Å². The van der Waals surface area contributed by atoms with Gasteiger partial charge in [0.1, 0.15) is 18.5 Å². The van der Waals surface area contributed by atoms with Gasteiger partial charge in [0.05, 0.1) is 5.60 Å². The Hall–Kier alpha value is -1.77. The number of nitrogens with zero attached hydrogens (tertiary/aromatic N) is 1. The maximum atomic E-state index is 11.7. The number of hydrogen-bond donors (Lipinski definition) is 3. The predicted molar refractivity (Wildman–Crippen MR) is 124 cm³/mol. The third-order valence-electron chi connectivity index (χ3n) is 5.16. The van der Waals surface area contributed by atoms with E-state index in [2.05, 4.69) is 15.5 Å². The second-order valence-corrected chi connectivity index (χ2v) is 10.6. The van der Waals surface area contributed by atoms with Crippen molar-refractivity contribution in [1.82, 2.24) is 4.90 Å². The van der Waals surface area contributed by atoms with Crippen LogP contribution in [-0.4, -0.2) is 63.8 Å². The van der Waals surface area contributed by atoms with Crippen molar-refractivity contribution in [3.63, 3.8) is 0 Å². The predicted octanol–water partition coefficient (Wildman–Crippen LogP) is 2.74. The van der Waals surface area contributed by atoms with Gasteiger partial charge in [0.25, 0.3) is 0 Å². The highest BCUT2D eigenvalue weighted by molar-refractivity contribution is 8.00. The Kier molecular flexibility index (Phi) is 7.31. The van der Waals surface area contributed by atoms with E-state index in [1.54, 1.807) is 36.4 Å². The maximum Gasteiger partial charge on any atom is 0.119 e. The molecule has 2 aromatic carbocycles. The number of β-amino-alcohol motifs (C(OH)–C–C–N with tert-alkyl or cyclic N) is 1. The molecule has 1 aliphatic heterocycles. The van der Waals surface area contributed by atoms with E-state index in [4.69, 9.17) is 16.3 Å². The van der Waals surface area contributed by atoms with Crippen molar-refractivity contribution >= 4 is 32.9 Å². The fourth-order valence-corrected chi connectivity index (χ4v) is 4.33. The van der Waals surface area contributed by atoms with Gasteiger partial charge in [-0.3, -0.25) is 0 Å². The molecule has 0 amide bonds. The molecule has 2 atom stereocenters. The number of piperidine rings is 1. The van der Waals surface area contributed by atoms with Gasteiger partial charge in [-0.25, -0.2) is 4.21 Å². The van der Waals surface area contributed by atoms with E-state index in [1.165, 1.54) is 6.26 Å². The molecular weight excluding hydrogens is 424 g/mol. The summed E-state index contributed by atoms with van der Waals surface area (Å²) in [5.41, 5.74) is 0.729. The molecule has 0 aromatic heterocycles. The molecule has 0 bridgehead atoms. The van der Waals surface area contributed by atoms with Crippen LogP contribution < -0.4 is 9.46 Å². The van der Waals surface area contributed by atoms with E-state index in [1.807, 2.05) is 12.1 Å². The van der Waals surface area contributed by atoms with Gasteiger partial charge >= 0.3 is 0 Å². The number of likely N-dealkylation sites (tertiary alicyclic amines) is 1. The van der Waals surface area contributed by atoms with Crippen LogP contribution in [-0.2, 0) is 15.3 Å². The summed E-state index contributed by atoms with van der Waals surface area (Å²) in [6.07, 6.45) is 2.09. The molecule has 1 heterocycles. The van der Waals surface area contributed by atoms with Crippen molar-refractivity contribution in [3.8, 4) is 5.75 Å². The van der Waals surface area contributed by atoms with E-state index in [0.717, 1.165) is 5.56 Å². The lowest BCUT2D eigenvalue weighted by atomic mass is 9.84. The maximum absolute atomic E-state index is 11.7. The van der Waals surface area contributed by atoms with Crippen LogP contribution in [0.2, 0.25) is 5.02 Å². The largest absolute Gasteiger partial charge is 0.491 e. The van der Waals surface area contributed by atoms with Gasteiger partial charge in [0.2, 0.25) is 0 Å². The Morgan fingerprint density at radius 2 is 1.80 bits per heavy atom. The zero-order valence-electron chi connectivity index (χ0n) is 17.1. The summed E-state index contributed by atoms with van der Waals surface area (Å²) >= 11 is 5.94. The minimum Gasteiger partial charge on any atom is -0.491 e. The van der Waals surface area contributed by atoms with Gasteiger partial charge in [-0.05, 0) is 60.7 Å². The average molecular weight is 453 g/mol. The molecule has 1 aliphatic rings. The summed E-state index contributed by atoms with van der Waals surface area (Å²) in [6, 6.07) is 14.4. The lowest BCUT2D eigenvalue weighted by Crippen LogP contribution is -2.46. The van der Waals surface area contributed by atoms with Crippen LogP contribution >= 0.6 is 11.6 Å². The SMILES string of the molecule is C=S(C)(=O)Nc1ccc(OC[C@@H](O)CN2CCC(O)(c3ccc(Cl)cc3)CC2)cc1. The molecule has 2 aromatic rings. The van der Waals surface area contributed by atoms with Gasteiger partial charge in [0, 0.05) is 46.3 Å². The highest BCUT2D eigenvalue weighted by Crippen LogP contribution is 2.33. The van der Waals surface area contributed by atoms with Crippen molar-refractivity contribution in [3.05, 3.63) is 59.1 Å². The number of hydrogen-bond acceptors (Lipinski definition) is 5. The lowest BCUT2D eigenvalue weighted by molar-refractivity contribution is -0.0372. The number of aliphatic hydroxyl groups is 2. The Bertz CT molecular complexity index is 925. The number of halogens is 1. The first kappa shape index (κ1) is 22.9. The topological polar surface area (TPSA) is 82.0 Å². The first-order valence-electron chi connectivity index (χ1n) is 9.85. The first-order chi connectivity index (χ1) is 14.1. The van der Waals surface area contributed by atoms with Crippen LogP contribution in [0, 0.1) is 0 Å². The Morgan fingerprint density at radius 1 is 1.20 bits per heavy atom. The minimum absolute atomic E-state index is 0.171. The molecule has 0 spiro atoms. The molecule has 1 fully saturated rings. The van der Waals surface area contributed by atoms with E-state index < -0.39 is 21.4 Å². The molecule has 164 valence electrons. The van der Waals surface area contributed by atoms with Crippen molar-refractivity contribution in [1.29, 1.82) is 0 Å². The van der Waals surface area contributed by atoms with Crippen LogP contribution in [0.3, 0.4) is 0 Å². The summed E-state index contributed by atoms with van der Waals surface area (Å²) in [5.74, 6) is 4.19. The molecular formula is C22H29ClN2O4S. The zero-order valence-corrected chi connectivity index (χ0v) is 18.7. The molecule has 1 saturated heterocycles. The molecule has 30 heavy (non-hydrogen) atoms. The normalized spacial score (nSPS) is 19.6. The number of aliphatic hydroxyl groups excluding tert-OH is 1. The Balaban J connectivity index is 1.43. The third-order valence-corrected chi connectivity index (χ3v) is 6.08.